The first-order valence-corrected chi connectivity index (χ1v) is 11.7. The van der Waals surface area contributed by atoms with Crippen molar-refractivity contribution in [2.75, 3.05) is 20.3 Å². The summed E-state index contributed by atoms with van der Waals surface area (Å²) in [5.74, 6) is -1.42. The number of ether oxygens (including phenoxy) is 3. The van der Waals surface area contributed by atoms with E-state index in [-0.39, 0.29) is 31.4 Å². The van der Waals surface area contributed by atoms with Gasteiger partial charge in [0.2, 0.25) is 5.91 Å². The van der Waals surface area contributed by atoms with Crippen LogP contribution in [0, 0.1) is 10.8 Å². The molecule has 12 heteroatoms. The van der Waals surface area contributed by atoms with Gasteiger partial charge in [0.15, 0.2) is 6.10 Å². The highest BCUT2D eigenvalue weighted by Crippen LogP contribution is 2.17. The molecule has 1 rings (SSSR count). The third-order valence-electron chi connectivity index (χ3n) is 5.35. The summed E-state index contributed by atoms with van der Waals surface area (Å²) in [6.45, 7) is 9.05. The standard InChI is InChI=1S/C24H40N2O10/c1-23(2,3)13-35-22(33)36-14-7-8-15(20(31)25-11-14)26-21(32)19(34-6)18(30)17(29)16(28)9-10-24(4,5)12-27/h9-10,12,14-19,28-30H,7-8,11,13H2,1-6H3,(H,25,31)(H,26,32)/t14-,15+,16-,17+,18-,19-/m1/s1. The maximum absolute atomic E-state index is 12.7. The van der Waals surface area contributed by atoms with Gasteiger partial charge < -0.3 is 45.0 Å². The number of amides is 2. The number of aliphatic hydroxyl groups is 3. The average Bonchev–Trinajstić information content (AvgIpc) is 2.97. The summed E-state index contributed by atoms with van der Waals surface area (Å²) in [5, 5.41) is 35.9. The third kappa shape index (κ3) is 10.6. The number of rotatable bonds is 11. The van der Waals surface area contributed by atoms with E-state index >= 15 is 0 Å². The van der Waals surface area contributed by atoms with Crippen LogP contribution in [-0.4, -0.2) is 96.4 Å². The van der Waals surface area contributed by atoms with Gasteiger partial charge >= 0.3 is 6.16 Å². The lowest BCUT2D eigenvalue weighted by Crippen LogP contribution is -2.55. The number of hydrogen-bond acceptors (Lipinski definition) is 10. The molecule has 36 heavy (non-hydrogen) atoms. The Morgan fingerprint density at radius 2 is 1.78 bits per heavy atom. The number of allylic oxidation sites excluding steroid dienone is 1. The molecule has 12 nitrogen and oxygen atoms in total. The Morgan fingerprint density at radius 1 is 1.14 bits per heavy atom. The molecule has 6 atom stereocenters. The van der Waals surface area contributed by atoms with Crippen LogP contribution in [0.2, 0.25) is 0 Å². The number of hydrogen-bond donors (Lipinski definition) is 5. The van der Waals surface area contributed by atoms with E-state index in [2.05, 4.69) is 10.6 Å². The van der Waals surface area contributed by atoms with Gasteiger partial charge in [-0.25, -0.2) is 4.79 Å². The van der Waals surface area contributed by atoms with Crippen LogP contribution in [0.1, 0.15) is 47.5 Å². The van der Waals surface area contributed by atoms with E-state index in [0.29, 0.717) is 6.29 Å². The molecule has 1 heterocycles. The van der Waals surface area contributed by atoms with E-state index in [1.807, 2.05) is 20.8 Å². The van der Waals surface area contributed by atoms with Crippen LogP contribution in [0.15, 0.2) is 12.2 Å². The molecule has 206 valence electrons. The molecule has 1 aliphatic rings. The molecule has 5 N–H and O–H groups in total. The number of carbonyl (C=O) groups excluding carboxylic acids is 4. The molecule has 0 bridgehead atoms. The molecule has 0 radical (unpaired) electrons. The Hall–Kier alpha value is -2.54. The van der Waals surface area contributed by atoms with Crippen molar-refractivity contribution in [3.8, 4) is 0 Å². The highest BCUT2D eigenvalue weighted by molar-refractivity contribution is 5.89. The maximum Gasteiger partial charge on any atom is 0.508 e. The van der Waals surface area contributed by atoms with Gasteiger partial charge in [0, 0.05) is 12.5 Å². The van der Waals surface area contributed by atoms with E-state index in [9.17, 15) is 34.5 Å². The SMILES string of the molecule is CO[C@@H](C(=O)N[C@H]1CC[C@@H](OC(=O)OCC(C)(C)C)CNC1=O)[C@H](O)[C@@H](O)[C@H](O)C=CC(C)(C)C=O. The molecule has 0 spiro atoms. The fraction of sp³-hybridized carbons (Fsp3) is 0.750. The van der Waals surface area contributed by atoms with E-state index in [4.69, 9.17) is 14.2 Å². The largest absolute Gasteiger partial charge is 0.508 e. The molecule has 0 aromatic carbocycles. The number of aliphatic hydroxyl groups excluding tert-OH is 3. The van der Waals surface area contributed by atoms with Crippen molar-refractivity contribution in [2.45, 2.75) is 84.0 Å². The summed E-state index contributed by atoms with van der Waals surface area (Å²) >= 11 is 0. The molecule has 1 aliphatic heterocycles. The highest BCUT2D eigenvalue weighted by atomic mass is 16.7. The highest BCUT2D eigenvalue weighted by Gasteiger charge is 2.37. The second-order valence-electron chi connectivity index (χ2n) is 10.6. The van der Waals surface area contributed by atoms with Crippen molar-refractivity contribution in [1.82, 2.24) is 10.6 Å². The third-order valence-corrected chi connectivity index (χ3v) is 5.35. The summed E-state index contributed by atoms with van der Waals surface area (Å²) in [6, 6.07) is -1.02. The molecule has 2 amide bonds. The van der Waals surface area contributed by atoms with Crippen molar-refractivity contribution in [3.05, 3.63) is 12.2 Å². The van der Waals surface area contributed by atoms with Gasteiger partial charge in [-0.2, -0.15) is 0 Å². The summed E-state index contributed by atoms with van der Waals surface area (Å²) < 4.78 is 15.3. The summed E-state index contributed by atoms with van der Waals surface area (Å²) in [4.78, 5) is 48.1. The fourth-order valence-electron chi connectivity index (χ4n) is 3.14. The predicted octanol–water partition coefficient (Wildman–Crippen LogP) is -0.172. The predicted molar refractivity (Wildman–Crippen MR) is 128 cm³/mol. The van der Waals surface area contributed by atoms with Crippen LogP contribution >= 0.6 is 0 Å². The van der Waals surface area contributed by atoms with Gasteiger partial charge in [0.1, 0.15) is 36.7 Å². The second-order valence-corrected chi connectivity index (χ2v) is 10.6. The molecule has 0 saturated carbocycles. The Bertz CT molecular complexity index is 792. The smallest absolute Gasteiger partial charge is 0.434 e. The summed E-state index contributed by atoms with van der Waals surface area (Å²) in [6.07, 6.45) is -4.89. The molecule has 1 fully saturated rings. The zero-order valence-electron chi connectivity index (χ0n) is 21.7. The minimum atomic E-state index is -1.85. The average molecular weight is 517 g/mol. The van der Waals surface area contributed by atoms with Crippen molar-refractivity contribution in [2.24, 2.45) is 10.8 Å². The first-order valence-electron chi connectivity index (χ1n) is 11.7. The Labute approximate surface area is 211 Å². The lowest BCUT2D eigenvalue weighted by molar-refractivity contribution is -0.150. The van der Waals surface area contributed by atoms with E-state index in [1.54, 1.807) is 13.8 Å². The first-order chi connectivity index (χ1) is 16.6. The first kappa shape index (κ1) is 31.5. The zero-order chi connectivity index (χ0) is 27.7. The lowest BCUT2D eigenvalue weighted by atomic mass is 9.93. The van der Waals surface area contributed by atoms with E-state index < -0.39 is 59.9 Å². The van der Waals surface area contributed by atoms with Crippen LogP contribution in [0.4, 0.5) is 4.79 Å². The van der Waals surface area contributed by atoms with Crippen LogP contribution in [0.25, 0.3) is 0 Å². The van der Waals surface area contributed by atoms with Gasteiger partial charge in [-0.15, -0.1) is 0 Å². The molecule has 0 aromatic heterocycles. The van der Waals surface area contributed by atoms with Crippen LogP contribution in [0.3, 0.4) is 0 Å². The molecule has 1 saturated heterocycles. The van der Waals surface area contributed by atoms with E-state index in [1.165, 1.54) is 6.08 Å². The van der Waals surface area contributed by atoms with Crippen molar-refractivity contribution < 1.29 is 48.7 Å². The Kier molecular flexibility index (Phi) is 12.0. The van der Waals surface area contributed by atoms with Crippen LogP contribution in [0.5, 0.6) is 0 Å². The fourth-order valence-corrected chi connectivity index (χ4v) is 3.14. The molecule has 0 aromatic rings. The minimum Gasteiger partial charge on any atom is -0.434 e. The van der Waals surface area contributed by atoms with E-state index in [0.717, 1.165) is 13.2 Å². The maximum atomic E-state index is 12.7. The molecular formula is C24H40N2O10. The van der Waals surface area contributed by atoms with Crippen molar-refractivity contribution >= 4 is 24.3 Å². The monoisotopic (exact) mass is 516 g/mol. The van der Waals surface area contributed by atoms with Gasteiger partial charge in [-0.05, 0) is 32.1 Å². The molecular weight excluding hydrogens is 476 g/mol. The number of aldehydes is 1. The quantitative estimate of drug-likeness (QED) is 0.140. The number of methoxy groups -OCH3 is 1. The van der Waals surface area contributed by atoms with Gasteiger partial charge in [0.05, 0.1) is 13.2 Å². The summed E-state index contributed by atoms with van der Waals surface area (Å²) in [5.41, 5.74) is -1.14. The molecule has 0 unspecified atom stereocenters. The van der Waals surface area contributed by atoms with Gasteiger partial charge in [0.25, 0.3) is 5.91 Å². The molecule has 0 aliphatic carbocycles. The topological polar surface area (TPSA) is 181 Å². The van der Waals surface area contributed by atoms with Gasteiger partial charge in [-0.3, -0.25) is 9.59 Å². The lowest BCUT2D eigenvalue weighted by Gasteiger charge is -2.28. The Balaban J connectivity index is 2.72. The zero-order valence-corrected chi connectivity index (χ0v) is 21.7. The number of nitrogens with one attached hydrogen (secondary N) is 2. The van der Waals surface area contributed by atoms with Crippen molar-refractivity contribution in [1.29, 1.82) is 0 Å². The van der Waals surface area contributed by atoms with Crippen LogP contribution in [-0.2, 0) is 28.6 Å². The van der Waals surface area contributed by atoms with Gasteiger partial charge in [-0.1, -0.05) is 32.9 Å². The Morgan fingerprint density at radius 3 is 2.33 bits per heavy atom. The summed E-state index contributed by atoms with van der Waals surface area (Å²) in [7, 11) is 1.12. The van der Waals surface area contributed by atoms with Crippen LogP contribution < -0.4 is 10.6 Å². The normalized spacial score (nSPS) is 22.5. The van der Waals surface area contributed by atoms with Crippen molar-refractivity contribution in [3.63, 3.8) is 0 Å². The minimum absolute atomic E-state index is 0.0283. The second kappa shape index (κ2) is 13.7. The number of carbonyl (C=O) groups is 4.